The van der Waals surface area contributed by atoms with E-state index in [1.54, 1.807) is 19.1 Å². The number of hydrogen-bond donors (Lipinski definition) is 2. The Kier molecular flexibility index (Phi) is 7.64. The van der Waals surface area contributed by atoms with E-state index >= 15 is 0 Å². The molecule has 1 aliphatic rings. The van der Waals surface area contributed by atoms with Gasteiger partial charge in [-0.25, -0.2) is 0 Å². The van der Waals surface area contributed by atoms with Crippen LogP contribution in [0.5, 0.6) is 0 Å². The number of Topliss-reactive ketones (excluding diaryl/α,β-unsaturated/α-hetero) is 1. The van der Waals surface area contributed by atoms with Crippen LogP contribution in [0.3, 0.4) is 0 Å². The van der Waals surface area contributed by atoms with Crippen LogP contribution in [0, 0.1) is 11.3 Å². The molecule has 2 rings (SSSR count). The van der Waals surface area contributed by atoms with E-state index in [1.807, 2.05) is 31.1 Å². The van der Waals surface area contributed by atoms with Gasteiger partial charge in [0, 0.05) is 25.3 Å². The topological polar surface area (TPSA) is 87.7 Å². The number of benzene rings is 1. The minimum atomic E-state index is -0.760. The molecule has 3 atom stereocenters. The summed E-state index contributed by atoms with van der Waals surface area (Å²) in [5, 5.41) is 5.67. The molecule has 2 N–H and O–H groups in total. The third kappa shape index (κ3) is 5.81. The van der Waals surface area contributed by atoms with Crippen molar-refractivity contribution in [3.8, 4) is 0 Å². The number of hydrogen-bond acceptors (Lipinski definition) is 5. The molecule has 0 unspecified atom stereocenters. The number of carbonyl (C=O) groups excluding carboxylic acids is 3. The Morgan fingerprint density at radius 3 is 2.27 bits per heavy atom. The summed E-state index contributed by atoms with van der Waals surface area (Å²) in [4.78, 5) is 39.9. The Morgan fingerprint density at radius 2 is 1.80 bits per heavy atom. The number of rotatable bonds is 8. The zero-order valence-corrected chi connectivity index (χ0v) is 19.1. The van der Waals surface area contributed by atoms with Crippen molar-refractivity contribution in [3.63, 3.8) is 0 Å². The van der Waals surface area contributed by atoms with Gasteiger partial charge in [-0.2, -0.15) is 0 Å². The minimum absolute atomic E-state index is 0.00114. The third-order valence-electron chi connectivity index (χ3n) is 6.16. The molecule has 1 saturated heterocycles. The molecule has 1 aromatic carbocycles. The Morgan fingerprint density at radius 1 is 1.20 bits per heavy atom. The SMILES string of the molecule is CC(C)C(C)(C)C[C@H](NC(=O)c1ccc(N(C)C)cc1)C(=O)N[C@@H]1C(=O)CO[C@@H]1C. The van der Waals surface area contributed by atoms with Crippen LogP contribution in [0.25, 0.3) is 0 Å². The van der Waals surface area contributed by atoms with Crippen LogP contribution in [0.2, 0.25) is 0 Å². The Hall–Kier alpha value is -2.41. The lowest BCUT2D eigenvalue weighted by atomic mass is 9.76. The van der Waals surface area contributed by atoms with Crippen molar-refractivity contribution in [2.75, 3.05) is 25.6 Å². The average Bonchev–Trinajstić information content (AvgIpc) is 2.99. The summed E-state index contributed by atoms with van der Waals surface area (Å²) < 4.78 is 5.32. The largest absolute Gasteiger partial charge is 0.378 e. The summed E-state index contributed by atoms with van der Waals surface area (Å²) >= 11 is 0. The van der Waals surface area contributed by atoms with E-state index in [0.717, 1.165) is 5.69 Å². The van der Waals surface area contributed by atoms with Crippen molar-refractivity contribution in [2.45, 2.75) is 59.2 Å². The number of ketones is 1. The fourth-order valence-electron chi connectivity index (χ4n) is 3.24. The molecule has 0 aromatic heterocycles. The fraction of sp³-hybridized carbons (Fsp3) is 0.609. The standard InChI is InChI=1S/C23H35N3O4/c1-14(2)23(4,5)12-18(22(29)25-20-15(3)30-13-19(20)27)24-21(28)16-8-10-17(11-9-16)26(6)7/h8-11,14-15,18,20H,12-13H2,1-7H3,(H,24,28)(H,25,29)/t15-,18+,20+/m1/s1. The zero-order valence-electron chi connectivity index (χ0n) is 19.1. The molecular formula is C23H35N3O4. The monoisotopic (exact) mass is 417 g/mol. The van der Waals surface area contributed by atoms with Crippen LogP contribution in [0.4, 0.5) is 5.69 Å². The van der Waals surface area contributed by atoms with Gasteiger partial charge in [0.05, 0.1) is 6.10 Å². The van der Waals surface area contributed by atoms with Crippen molar-refractivity contribution < 1.29 is 19.1 Å². The van der Waals surface area contributed by atoms with Gasteiger partial charge >= 0.3 is 0 Å². The Labute approximate surface area is 179 Å². The molecule has 1 heterocycles. The first kappa shape index (κ1) is 23.9. The van der Waals surface area contributed by atoms with Gasteiger partial charge in [-0.15, -0.1) is 0 Å². The quantitative estimate of drug-likeness (QED) is 0.678. The van der Waals surface area contributed by atoms with Crippen molar-refractivity contribution in [3.05, 3.63) is 29.8 Å². The number of anilines is 1. The molecule has 1 fully saturated rings. The number of carbonyl (C=O) groups is 3. The fourth-order valence-corrected chi connectivity index (χ4v) is 3.24. The molecule has 0 bridgehead atoms. The summed E-state index contributed by atoms with van der Waals surface area (Å²) in [5.74, 6) is -0.525. The summed E-state index contributed by atoms with van der Waals surface area (Å²) in [6.07, 6.45) is 0.0724. The highest BCUT2D eigenvalue weighted by Crippen LogP contribution is 2.31. The first-order valence-corrected chi connectivity index (χ1v) is 10.5. The van der Waals surface area contributed by atoms with E-state index in [9.17, 15) is 14.4 Å². The van der Waals surface area contributed by atoms with E-state index in [4.69, 9.17) is 4.74 Å². The maximum Gasteiger partial charge on any atom is 0.251 e. The lowest BCUT2D eigenvalue weighted by Crippen LogP contribution is -2.54. The molecule has 30 heavy (non-hydrogen) atoms. The van der Waals surface area contributed by atoms with Crippen molar-refractivity contribution >= 4 is 23.3 Å². The molecular weight excluding hydrogens is 382 g/mol. The first-order chi connectivity index (χ1) is 13.9. The number of nitrogens with one attached hydrogen (secondary N) is 2. The number of amides is 2. The second-order valence-corrected chi connectivity index (χ2v) is 9.28. The molecule has 0 radical (unpaired) electrons. The van der Waals surface area contributed by atoms with Gasteiger partial charge in [0.1, 0.15) is 18.7 Å². The molecule has 1 aromatic rings. The number of nitrogens with zero attached hydrogens (tertiary/aromatic N) is 1. The molecule has 0 spiro atoms. The molecule has 0 saturated carbocycles. The smallest absolute Gasteiger partial charge is 0.251 e. The predicted octanol–water partition coefficient (Wildman–Crippen LogP) is 2.40. The van der Waals surface area contributed by atoms with Crippen LogP contribution in [-0.4, -0.2) is 56.5 Å². The summed E-state index contributed by atoms with van der Waals surface area (Å²) in [6.45, 7) is 10.1. The first-order valence-electron chi connectivity index (χ1n) is 10.5. The molecule has 166 valence electrons. The van der Waals surface area contributed by atoms with Gasteiger partial charge in [0.25, 0.3) is 5.91 Å². The maximum absolute atomic E-state index is 13.1. The van der Waals surface area contributed by atoms with Crippen LogP contribution < -0.4 is 15.5 Å². The zero-order chi connectivity index (χ0) is 22.6. The lowest BCUT2D eigenvalue weighted by Gasteiger charge is -2.33. The Balaban J connectivity index is 2.18. The molecule has 7 heteroatoms. The minimum Gasteiger partial charge on any atom is -0.378 e. The van der Waals surface area contributed by atoms with E-state index in [0.29, 0.717) is 17.9 Å². The normalized spacial score (nSPS) is 20.2. The van der Waals surface area contributed by atoms with Gasteiger partial charge in [0.15, 0.2) is 5.78 Å². The highest BCUT2D eigenvalue weighted by atomic mass is 16.5. The van der Waals surface area contributed by atoms with Crippen LogP contribution in [0.15, 0.2) is 24.3 Å². The van der Waals surface area contributed by atoms with E-state index in [2.05, 4.69) is 38.3 Å². The van der Waals surface area contributed by atoms with E-state index in [1.165, 1.54) is 0 Å². The second kappa shape index (κ2) is 9.60. The highest BCUT2D eigenvalue weighted by Gasteiger charge is 2.37. The predicted molar refractivity (Wildman–Crippen MR) is 118 cm³/mol. The van der Waals surface area contributed by atoms with Crippen LogP contribution in [0.1, 0.15) is 51.4 Å². The van der Waals surface area contributed by atoms with Gasteiger partial charge in [-0.05, 0) is 48.9 Å². The van der Waals surface area contributed by atoms with Gasteiger partial charge in [-0.1, -0.05) is 27.7 Å². The number of ether oxygens (including phenoxy) is 1. The van der Waals surface area contributed by atoms with Gasteiger partial charge < -0.3 is 20.3 Å². The second-order valence-electron chi connectivity index (χ2n) is 9.28. The summed E-state index contributed by atoms with van der Waals surface area (Å²) in [5.41, 5.74) is 1.27. The highest BCUT2D eigenvalue weighted by molar-refractivity contribution is 5.99. The molecule has 0 aliphatic carbocycles. The van der Waals surface area contributed by atoms with E-state index in [-0.39, 0.29) is 35.7 Å². The van der Waals surface area contributed by atoms with Gasteiger partial charge in [-0.3, -0.25) is 14.4 Å². The van der Waals surface area contributed by atoms with Crippen LogP contribution >= 0.6 is 0 Å². The van der Waals surface area contributed by atoms with Crippen LogP contribution in [-0.2, 0) is 14.3 Å². The molecule has 2 amide bonds. The Bertz CT molecular complexity index is 771. The van der Waals surface area contributed by atoms with Crippen molar-refractivity contribution in [2.24, 2.45) is 11.3 Å². The lowest BCUT2D eigenvalue weighted by molar-refractivity contribution is -0.128. The third-order valence-corrected chi connectivity index (χ3v) is 6.16. The summed E-state index contributed by atoms with van der Waals surface area (Å²) in [6, 6.07) is 5.76. The van der Waals surface area contributed by atoms with Crippen molar-refractivity contribution in [1.29, 1.82) is 0 Å². The van der Waals surface area contributed by atoms with Crippen molar-refractivity contribution in [1.82, 2.24) is 10.6 Å². The van der Waals surface area contributed by atoms with Gasteiger partial charge in [0.2, 0.25) is 5.91 Å². The average molecular weight is 418 g/mol. The maximum atomic E-state index is 13.1. The summed E-state index contributed by atoms with van der Waals surface area (Å²) in [7, 11) is 3.86. The molecule has 1 aliphatic heterocycles. The molecule has 7 nitrogen and oxygen atoms in total. The van der Waals surface area contributed by atoms with E-state index < -0.39 is 12.1 Å².